The largest absolute Gasteiger partial charge is 0.340 e. The van der Waals surface area contributed by atoms with Crippen LogP contribution < -0.4 is 5.32 Å². The smallest absolute Gasteiger partial charge is 0.141 e. The lowest BCUT2D eigenvalue weighted by molar-refractivity contribution is 0.960. The molecule has 130 valence electrons. The number of hydrogen-bond acceptors (Lipinski definition) is 3. The van der Waals surface area contributed by atoms with Gasteiger partial charge >= 0.3 is 0 Å². The molecule has 0 unspecified atom stereocenters. The Morgan fingerprint density at radius 1 is 0.654 bits per heavy atom. The van der Waals surface area contributed by atoms with E-state index in [1.54, 1.807) is 6.33 Å². The average Bonchev–Trinajstić information content (AvgIpc) is 2.69. The van der Waals surface area contributed by atoms with E-state index in [2.05, 4.69) is 69.9 Å². The van der Waals surface area contributed by atoms with Crippen LogP contribution in [-0.4, -0.2) is 9.97 Å². The van der Waals surface area contributed by atoms with E-state index in [4.69, 9.17) is 0 Å². The highest BCUT2D eigenvalue weighted by molar-refractivity contribution is 5.90. The predicted octanol–water partition coefficient (Wildman–Crippen LogP) is 5.58. The molecule has 0 aliphatic heterocycles. The van der Waals surface area contributed by atoms with Crippen molar-refractivity contribution in [3.8, 4) is 0 Å². The minimum atomic E-state index is 0. The normalized spacial score (nSPS) is 10.3. The first-order valence-electron chi connectivity index (χ1n) is 8.48. The van der Waals surface area contributed by atoms with Gasteiger partial charge in [-0.3, -0.25) is 0 Å². The van der Waals surface area contributed by atoms with Gasteiger partial charge in [-0.2, -0.15) is 0 Å². The number of nitrogens with zero attached hydrogens (tertiary/aromatic N) is 2. The number of fused-ring (bicyclic) bond motifs is 1. The molecule has 0 radical (unpaired) electrons. The van der Waals surface area contributed by atoms with Crippen LogP contribution in [0.4, 0.5) is 11.5 Å². The molecular formula is C22H20ClN3. The molecule has 4 rings (SSSR count). The lowest BCUT2D eigenvalue weighted by Gasteiger charge is -2.09. The van der Waals surface area contributed by atoms with Gasteiger partial charge in [0.1, 0.15) is 12.1 Å². The van der Waals surface area contributed by atoms with Crippen LogP contribution in [0.25, 0.3) is 10.9 Å². The standard InChI is InChI=1S/C22H19N3.ClH/c1-2-6-17(7-3-1)10-11-18-12-14-19(15-13-18)25-22-20-8-4-5-9-21(20)23-16-24-22;/h1-9,12-16H,10-11H2,(H,23,24,25);1H. The van der Waals surface area contributed by atoms with Crippen LogP contribution >= 0.6 is 12.4 Å². The van der Waals surface area contributed by atoms with Gasteiger partial charge in [0.25, 0.3) is 0 Å². The van der Waals surface area contributed by atoms with E-state index in [1.165, 1.54) is 11.1 Å². The van der Waals surface area contributed by atoms with Gasteiger partial charge in [0, 0.05) is 11.1 Å². The van der Waals surface area contributed by atoms with Crippen LogP contribution in [0.15, 0.2) is 85.2 Å². The molecule has 3 nitrogen and oxygen atoms in total. The summed E-state index contributed by atoms with van der Waals surface area (Å²) in [6, 6.07) is 27.2. The third-order valence-electron chi connectivity index (χ3n) is 4.30. The van der Waals surface area contributed by atoms with Gasteiger partial charge in [0.05, 0.1) is 5.52 Å². The summed E-state index contributed by atoms with van der Waals surface area (Å²) in [4.78, 5) is 8.68. The quantitative estimate of drug-likeness (QED) is 0.504. The highest BCUT2D eigenvalue weighted by Crippen LogP contribution is 2.23. The molecule has 26 heavy (non-hydrogen) atoms. The Hall–Kier alpha value is -2.91. The lowest BCUT2D eigenvalue weighted by Crippen LogP contribution is -1.96. The molecule has 1 heterocycles. The van der Waals surface area contributed by atoms with E-state index in [0.717, 1.165) is 35.2 Å². The summed E-state index contributed by atoms with van der Waals surface area (Å²) in [5.41, 5.74) is 4.69. The van der Waals surface area contributed by atoms with Crippen molar-refractivity contribution in [2.45, 2.75) is 12.8 Å². The molecule has 0 amide bonds. The fourth-order valence-electron chi connectivity index (χ4n) is 2.93. The molecular weight excluding hydrogens is 342 g/mol. The van der Waals surface area contributed by atoms with Gasteiger partial charge in [-0.05, 0) is 48.2 Å². The summed E-state index contributed by atoms with van der Waals surface area (Å²) >= 11 is 0. The first-order valence-corrected chi connectivity index (χ1v) is 8.48. The number of aromatic nitrogens is 2. The molecule has 0 spiro atoms. The van der Waals surface area contributed by atoms with Crippen LogP contribution in [0, 0.1) is 0 Å². The molecule has 0 aliphatic carbocycles. The highest BCUT2D eigenvalue weighted by Gasteiger charge is 2.03. The van der Waals surface area contributed by atoms with E-state index < -0.39 is 0 Å². The maximum Gasteiger partial charge on any atom is 0.141 e. The van der Waals surface area contributed by atoms with E-state index in [0.29, 0.717) is 0 Å². The number of aryl methyl sites for hydroxylation is 2. The molecule has 0 saturated carbocycles. The third-order valence-corrected chi connectivity index (χ3v) is 4.30. The Labute approximate surface area is 159 Å². The minimum absolute atomic E-state index is 0. The fraction of sp³-hybridized carbons (Fsp3) is 0.0909. The van der Waals surface area contributed by atoms with E-state index in [9.17, 15) is 0 Å². The topological polar surface area (TPSA) is 37.8 Å². The zero-order valence-corrected chi connectivity index (χ0v) is 15.1. The second-order valence-corrected chi connectivity index (χ2v) is 6.05. The van der Waals surface area contributed by atoms with Crippen LogP contribution in [0.2, 0.25) is 0 Å². The zero-order chi connectivity index (χ0) is 16.9. The molecule has 3 aromatic carbocycles. The summed E-state index contributed by atoms with van der Waals surface area (Å²) in [5, 5.41) is 4.42. The summed E-state index contributed by atoms with van der Waals surface area (Å²) in [6.45, 7) is 0. The number of anilines is 2. The molecule has 0 bridgehead atoms. The van der Waals surface area contributed by atoms with E-state index in [1.807, 2.05) is 24.3 Å². The molecule has 0 fully saturated rings. The van der Waals surface area contributed by atoms with Crippen molar-refractivity contribution in [1.82, 2.24) is 9.97 Å². The molecule has 4 aromatic rings. The molecule has 4 heteroatoms. The molecule has 0 aliphatic rings. The SMILES string of the molecule is Cl.c1ccc(CCc2ccc(Nc3ncnc4ccccc34)cc2)cc1. The monoisotopic (exact) mass is 361 g/mol. The van der Waals surface area contributed by atoms with Crippen molar-refractivity contribution >= 4 is 34.8 Å². The number of nitrogens with one attached hydrogen (secondary N) is 1. The van der Waals surface area contributed by atoms with Gasteiger partial charge in [-0.1, -0.05) is 54.6 Å². The van der Waals surface area contributed by atoms with Crippen LogP contribution in [0.3, 0.4) is 0 Å². The summed E-state index contributed by atoms with van der Waals surface area (Å²) < 4.78 is 0. The molecule has 0 atom stereocenters. The van der Waals surface area contributed by atoms with Crippen LogP contribution in [-0.2, 0) is 12.8 Å². The summed E-state index contributed by atoms with van der Waals surface area (Å²) in [7, 11) is 0. The predicted molar refractivity (Wildman–Crippen MR) is 110 cm³/mol. The van der Waals surface area contributed by atoms with Crippen molar-refractivity contribution in [3.63, 3.8) is 0 Å². The fourth-order valence-corrected chi connectivity index (χ4v) is 2.93. The minimum Gasteiger partial charge on any atom is -0.340 e. The lowest BCUT2D eigenvalue weighted by atomic mass is 10.0. The number of benzene rings is 3. The Morgan fingerprint density at radius 2 is 1.31 bits per heavy atom. The van der Waals surface area contributed by atoms with Crippen molar-refractivity contribution < 1.29 is 0 Å². The first kappa shape index (κ1) is 17.9. The Morgan fingerprint density at radius 3 is 2.08 bits per heavy atom. The molecule has 0 saturated heterocycles. The maximum absolute atomic E-state index is 4.38. The Kier molecular flexibility index (Phi) is 5.82. The van der Waals surface area contributed by atoms with Crippen molar-refractivity contribution in [2.75, 3.05) is 5.32 Å². The van der Waals surface area contributed by atoms with Crippen LogP contribution in [0.1, 0.15) is 11.1 Å². The van der Waals surface area contributed by atoms with Gasteiger partial charge in [0.2, 0.25) is 0 Å². The highest BCUT2D eigenvalue weighted by atomic mass is 35.5. The van der Waals surface area contributed by atoms with Gasteiger partial charge in [0.15, 0.2) is 0 Å². The molecule has 1 aromatic heterocycles. The van der Waals surface area contributed by atoms with E-state index in [-0.39, 0.29) is 12.4 Å². The van der Waals surface area contributed by atoms with Gasteiger partial charge < -0.3 is 5.32 Å². The molecule has 1 N–H and O–H groups in total. The van der Waals surface area contributed by atoms with Gasteiger partial charge in [-0.15, -0.1) is 12.4 Å². The summed E-state index contributed by atoms with van der Waals surface area (Å²) in [5.74, 6) is 0.836. The second kappa shape index (κ2) is 8.45. The van der Waals surface area contributed by atoms with Gasteiger partial charge in [-0.25, -0.2) is 9.97 Å². The average molecular weight is 362 g/mol. The number of hydrogen-bond donors (Lipinski definition) is 1. The third kappa shape index (κ3) is 4.19. The van der Waals surface area contributed by atoms with Crippen LogP contribution in [0.5, 0.6) is 0 Å². The summed E-state index contributed by atoms with van der Waals surface area (Å²) in [6.07, 6.45) is 3.70. The number of para-hydroxylation sites is 1. The zero-order valence-electron chi connectivity index (χ0n) is 14.3. The maximum atomic E-state index is 4.38. The first-order chi connectivity index (χ1) is 12.4. The number of halogens is 1. The Balaban J connectivity index is 0.00000196. The second-order valence-electron chi connectivity index (χ2n) is 6.05. The van der Waals surface area contributed by atoms with Crippen molar-refractivity contribution in [2.24, 2.45) is 0 Å². The van der Waals surface area contributed by atoms with Crippen molar-refractivity contribution in [1.29, 1.82) is 0 Å². The van der Waals surface area contributed by atoms with E-state index >= 15 is 0 Å². The number of rotatable bonds is 5. The van der Waals surface area contributed by atoms with Crippen molar-refractivity contribution in [3.05, 3.63) is 96.3 Å². The Bertz CT molecular complexity index is 964.